The van der Waals surface area contributed by atoms with Crippen molar-refractivity contribution in [1.82, 2.24) is 4.90 Å². The van der Waals surface area contributed by atoms with E-state index in [2.05, 4.69) is 0 Å². The standard InChI is InChI=1S/C12H16F3NO3/c1-7-8(2)19-9(3)10(7)11(18)16(4-5-17)6-12(13,14)15/h17H,4-6H2,1-3H3. The van der Waals surface area contributed by atoms with Crippen LogP contribution < -0.4 is 0 Å². The minimum absolute atomic E-state index is 0.134. The Morgan fingerprint density at radius 1 is 1.26 bits per heavy atom. The maximum atomic E-state index is 12.4. The van der Waals surface area contributed by atoms with Crippen molar-refractivity contribution < 1.29 is 27.5 Å². The van der Waals surface area contributed by atoms with Gasteiger partial charge in [0.2, 0.25) is 0 Å². The molecule has 1 rings (SSSR count). The summed E-state index contributed by atoms with van der Waals surface area (Å²) < 4.78 is 42.5. The average Bonchev–Trinajstić information content (AvgIpc) is 2.50. The number of carbonyl (C=O) groups is 1. The molecule has 0 bridgehead atoms. The van der Waals surface area contributed by atoms with Gasteiger partial charge in [0.05, 0.1) is 12.2 Å². The molecule has 1 aromatic heterocycles. The Morgan fingerprint density at radius 3 is 2.21 bits per heavy atom. The van der Waals surface area contributed by atoms with E-state index in [0.29, 0.717) is 16.2 Å². The van der Waals surface area contributed by atoms with Crippen LogP contribution in [0.5, 0.6) is 0 Å². The van der Waals surface area contributed by atoms with Crippen molar-refractivity contribution in [2.45, 2.75) is 26.9 Å². The summed E-state index contributed by atoms with van der Waals surface area (Å²) >= 11 is 0. The van der Waals surface area contributed by atoms with Gasteiger partial charge in [0.15, 0.2) is 0 Å². The molecule has 19 heavy (non-hydrogen) atoms. The van der Waals surface area contributed by atoms with Crippen LogP contribution in [0.2, 0.25) is 0 Å². The topological polar surface area (TPSA) is 53.7 Å². The zero-order chi connectivity index (χ0) is 14.8. The second-order valence-corrected chi connectivity index (χ2v) is 4.28. The number of aliphatic hydroxyl groups is 1. The zero-order valence-electron chi connectivity index (χ0n) is 11.0. The number of aliphatic hydroxyl groups excluding tert-OH is 1. The van der Waals surface area contributed by atoms with Crippen LogP contribution >= 0.6 is 0 Å². The highest BCUT2D eigenvalue weighted by Gasteiger charge is 2.34. The molecule has 0 radical (unpaired) electrons. The molecule has 0 aliphatic heterocycles. The van der Waals surface area contributed by atoms with Crippen LogP contribution in [0.15, 0.2) is 4.42 Å². The zero-order valence-corrected chi connectivity index (χ0v) is 11.0. The van der Waals surface area contributed by atoms with Gasteiger partial charge < -0.3 is 14.4 Å². The maximum absolute atomic E-state index is 12.4. The quantitative estimate of drug-likeness (QED) is 0.919. The Labute approximate surface area is 108 Å². The van der Waals surface area contributed by atoms with Gasteiger partial charge in [-0.3, -0.25) is 4.79 Å². The number of nitrogens with zero attached hydrogens (tertiary/aromatic N) is 1. The smallest absolute Gasteiger partial charge is 0.406 e. The summed E-state index contributed by atoms with van der Waals surface area (Å²) in [4.78, 5) is 12.7. The number of aryl methyl sites for hydroxylation is 2. The van der Waals surface area contributed by atoms with Crippen LogP contribution in [0.4, 0.5) is 13.2 Å². The number of halogens is 3. The van der Waals surface area contributed by atoms with Gasteiger partial charge in [0.1, 0.15) is 18.1 Å². The highest BCUT2D eigenvalue weighted by Crippen LogP contribution is 2.24. The van der Waals surface area contributed by atoms with E-state index < -0.39 is 25.2 Å². The Morgan fingerprint density at radius 2 is 1.84 bits per heavy atom. The van der Waals surface area contributed by atoms with Crippen molar-refractivity contribution in [2.24, 2.45) is 0 Å². The number of hydrogen-bond donors (Lipinski definition) is 1. The first-order valence-corrected chi connectivity index (χ1v) is 5.71. The number of furan rings is 1. The summed E-state index contributed by atoms with van der Waals surface area (Å²) in [5, 5.41) is 8.79. The van der Waals surface area contributed by atoms with Crippen molar-refractivity contribution in [3.63, 3.8) is 0 Å². The molecule has 1 amide bonds. The van der Waals surface area contributed by atoms with Crippen molar-refractivity contribution >= 4 is 5.91 Å². The molecule has 0 atom stereocenters. The normalized spacial score (nSPS) is 11.7. The van der Waals surface area contributed by atoms with Gasteiger partial charge in [0, 0.05) is 12.1 Å². The molecule has 1 aromatic rings. The summed E-state index contributed by atoms with van der Waals surface area (Å²) in [6.45, 7) is 2.48. The van der Waals surface area contributed by atoms with Gasteiger partial charge >= 0.3 is 6.18 Å². The van der Waals surface area contributed by atoms with E-state index in [-0.39, 0.29) is 17.9 Å². The molecule has 0 unspecified atom stereocenters. The largest absolute Gasteiger partial charge is 0.466 e. The fourth-order valence-corrected chi connectivity index (χ4v) is 1.86. The maximum Gasteiger partial charge on any atom is 0.406 e. The highest BCUT2D eigenvalue weighted by atomic mass is 19.4. The van der Waals surface area contributed by atoms with Gasteiger partial charge in [0.25, 0.3) is 5.91 Å². The summed E-state index contributed by atoms with van der Waals surface area (Å²) in [6.07, 6.45) is -4.51. The van der Waals surface area contributed by atoms with Crippen molar-refractivity contribution in [3.8, 4) is 0 Å². The van der Waals surface area contributed by atoms with Gasteiger partial charge in [-0.2, -0.15) is 13.2 Å². The Bertz CT molecular complexity index is 466. The highest BCUT2D eigenvalue weighted by molar-refractivity contribution is 5.96. The van der Waals surface area contributed by atoms with Gasteiger partial charge in [-0.25, -0.2) is 0 Å². The van der Waals surface area contributed by atoms with Crippen molar-refractivity contribution in [3.05, 3.63) is 22.6 Å². The lowest BCUT2D eigenvalue weighted by molar-refractivity contribution is -0.141. The minimum atomic E-state index is -4.51. The first-order chi connectivity index (χ1) is 8.67. The lowest BCUT2D eigenvalue weighted by atomic mass is 10.1. The number of alkyl halides is 3. The predicted molar refractivity (Wildman–Crippen MR) is 62.0 cm³/mol. The van der Waals surface area contributed by atoms with Gasteiger partial charge in [-0.15, -0.1) is 0 Å². The first-order valence-electron chi connectivity index (χ1n) is 5.71. The van der Waals surface area contributed by atoms with Gasteiger partial charge in [-0.05, 0) is 20.8 Å². The van der Waals surface area contributed by atoms with E-state index in [1.807, 2.05) is 0 Å². The molecule has 108 valence electrons. The van der Waals surface area contributed by atoms with Crippen LogP contribution in [0.3, 0.4) is 0 Å². The number of hydrogen-bond acceptors (Lipinski definition) is 3. The van der Waals surface area contributed by atoms with Crippen molar-refractivity contribution in [1.29, 1.82) is 0 Å². The molecule has 1 N–H and O–H groups in total. The van der Waals surface area contributed by atoms with Gasteiger partial charge in [-0.1, -0.05) is 0 Å². The number of rotatable bonds is 4. The monoisotopic (exact) mass is 279 g/mol. The summed E-state index contributed by atoms with van der Waals surface area (Å²) in [7, 11) is 0. The molecule has 0 aliphatic carbocycles. The third-order valence-electron chi connectivity index (χ3n) is 2.80. The lowest BCUT2D eigenvalue weighted by Gasteiger charge is -2.23. The summed E-state index contributed by atoms with van der Waals surface area (Å²) in [6, 6.07) is 0. The molecule has 7 heteroatoms. The number of carbonyl (C=O) groups excluding carboxylic acids is 1. The molecule has 0 aromatic carbocycles. The van der Waals surface area contributed by atoms with Crippen molar-refractivity contribution in [2.75, 3.05) is 19.7 Å². The summed E-state index contributed by atoms with van der Waals surface area (Å²) in [5.41, 5.74) is 0.655. The van der Waals surface area contributed by atoms with E-state index in [9.17, 15) is 18.0 Å². The molecule has 1 heterocycles. The van der Waals surface area contributed by atoms with E-state index in [1.54, 1.807) is 13.8 Å². The predicted octanol–water partition coefficient (Wildman–Crippen LogP) is 2.20. The SMILES string of the molecule is Cc1oc(C)c(C(=O)N(CCO)CC(F)(F)F)c1C. The van der Waals surface area contributed by atoms with Crippen LogP contribution in [-0.4, -0.2) is 41.8 Å². The molecule has 0 spiro atoms. The first kappa shape index (κ1) is 15.6. The summed E-state index contributed by atoms with van der Waals surface area (Å²) in [5.74, 6) is 0.000136. The van der Waals surface area contributed by atoms with Crippen LogP contribution in [-0.2, 0) is 0 Å². The second kappa shape index (κ2) is 5.64. The minimum Gasteiger partial charge on any atom is -0.466 e. The molecule has 0 saturated carbocycles. The van der Waals surface area contributed by atoms with Crippen LogP contribution in [0.25, 0.3) is 0 Å². The molecule has 0 fully saturated rings. The van der Waals surface area contributed by atoms with E-state index in [0.717, 1.165) is 0 Å². The van der Waals surface area contributed by atoms with Crippen LogP contribution in [0.1, 0.15) is 27.4 Å². The lowest BCUT2D eigenvalue weighted by Crippen LogP contribution is -2.41. The molecular weight excluding hydrogens is 263 g/mol. The second-order valence-electron chi connectivity index (χ2n) is 4.28. The third kappa shape index (κ3) is 3.73. The van der Waals surface area contributed by atoms with E-state index >= 15 is 0 Å². The fourth-order valence-electron chi connectivity index (χ4n) is 1.86. The van der Waals surface area contributed by atoms with Crippen LogP contribution in [0, 0.1) is 20.8 Å². The van der Waals surface area contributed by atoms with E-state index in [4.69, 9.17) is 9.52 Å². The molecule has 0 aliphatic rings. The molecular formula is C12H16F3NO3. The Hall–Kier alpha value is -1.50. The fraction of sp³-hybridized carbons (Fsp3) is 0.583. The number of amides is 1. The molecule has 4 nitrogen and oxygen atoms in total. The van der Waals surface area contributed by atoms with E-state index in [1.165, 1.54) is 6.92 Å². The molecule has 0 saturated heterocycles. The Balaban J connectivity index is 3.06. The Kier molecular flexibility index (Phi) is 4.62. The average molecular weight is 279 g/mol. The third-order valence-corrected chi connectivity index (χ3v) is 2.80.